The van der Waals surface area contributed by atoms with Gasteiger partial charge in [0.25, 0.3) is 0 Å². The number of nitrogens with two attached hydrogens (primary N) is 1. The zero-order valence-corrected chi connectivity index (χ0v) is 7.80. The Morgan fingerprint density at radius 2 is 1.82 bits per heavy atom. The molecule has 11 heavy (non-hydrogen) atoms. The van der Waals surface area contributed by atoms with Crippen LogP contribution in [0.25, 0.3) is 0 Å². The van der Waals surface area contributed by atoms with Crippen molar-refractivity contribution in [1.29, 1.82) is 0 Å². The van der Waals surface area contributed by atoms with Gasteiger partial charge in [-0.1, -0.05) is 20.8 Å². The van der Waals surface area contributed by atoms with E-state index in [-0.39, 0.29) is 0 Å². The van der Waals surface area contributed by atoms with Gasteiger partial charge in [-0.15, -0.1) is 0 Å². The molecular weight excluding hydrogens is 136 g/mol. The van der Waals surface area contributed by atoms with Gasteiger partial charge in [-0.25, -0.2) is 0 Å². The molecule has 0 aliphatic heterocycles. The van der Waals surface area contributed by atoms with Crippen LogP contribution in [0.2, 0.25) is 0 Å². The van der Waals surface area contributed by atoms with Crippen LogP contribution in [-0.2, 0) is 0 Å². The predicted octanol–water partition coefficient (Wildman–Crippen LogP) is 1.52. The van der Waals surface area contributed by atoms with Crippen molar-refractivity contribution in [2.75, 3.05) is 0 Å². The summed E-state index contributed by atoms with van der Waals surface area (Å²) < 4.78 is 0. The van der Waals surface area contributed by atoms with Crippen molar-refractivity contribution in [3.05, 3.63) is 0 Å². The Bertz CT molecular complexity index is 119. The molecule has 0 aromatic carbocycles. The van der Waals surface area contributed by atoms with Crippen molar-refractivity contribution >= 4 is 0 Å². The monoisotopic (exact) mass is 156 g/mol. The van der Waals surface area contributed by atoms with Crippen molar-refractivity contribution in [2.45, 2.75) is 39.7 Å². The third-order valence-electron chi connectivity index (χ3n) is 2.94. The first-order chi connectivity index (χ1) is 5.16. The Hall–Kier alpha value is -0.0800. The summed E-state index contributed by atoms with van der Waals surface area (Å²) in [6.45, 7) is 6.81. The Kier molecular flexibility index (Phi) is 2.90. The van der Waals surface area contributed by atoms with Crippen LogP contribution in [-0.4, -0.2) is 6.04 Å². The maximum absolute atomic E-state index is 5.50. The van der Waals surface area contributed by atoms with E-state index in [4.69, 9.17) is 5.84 Å². The van der Waals surface area contributed by atoms with E-state index in [1.54, 1.807) is 0 Å². The molecule has 0 spiro atoms. The van der Waals surface area contributed by atoms with Crippen LogP contribution in [0.4, 0.5) is 0 Å². The second-order valence-corrected chi connectivity index (χ2v) is 4.13. The third-order valence-corrected chi connectivity index (χ3v) is 2.94. The molecule has 0 aromatic rings. The summed E-state index contributed by atoms with van der Waals surface area (Å²) in [6, 6.07) is 0.551. The lowest BCUT2D eigenvalue weighted by Gasteiger charge is -2.26. The van der Waals surface area contributed by atoms with E-state index < -0.39 is 0 Å². The van der Waals surface area contributed by atoms with Crippen LogP contribution in [0.15, 0.2) is 0 Å². The van der Waals surface area contributed by atoms with Gasteiger partial charge in [0, 0.05) is 6.04 Å². The fourth-order valence-corrected chi connectivity index (χ4v) is 1.59. The second-order valence-electron chi connectivity index (χ2n) is 4.13. The molecule has 0 bridgehead atoms. The van der Waals surface area contributed by atoms with Crippen LogP contribution in [0.1, 0.15) is 33.6 Å². The highest BCUT2D eigenvalue weighted by atomic mass is 15.2. The predicted molar refractivity (Wildman–Crippen MR) is 47.8 cm³/mol. The Morgan fingerprint density at radius 3 is 2.09 bits per heavy atom. The fourth-order valence-electron chi connectivity index (χ4n) is 1.59. The Morgan fingerprint density at radius 1 is 1.27 bits per heavy atom. The normalized spacial score (nSPS) is 23.7. The quantitative estimate of drug-likeness (QED) is 0.478. The smallest absolute Gasteiger partial charge is 0.0266 e. The van der Waals surface area contributed by atoms with Crippen molar-refractivity contribution in [2.24, 2.45) is 23.6 Å². The lowest BCUT2D eigenvalue weighted by molar-refractivity contribution is 0.276. The van der Waals surface area contributed by atoms with E-state index in [1.807, 2.05) is 0 Å². The first kappa shape index (κ1) is 9.01. The van der Waals surface area contributed by atoms with Gasteiger partial charge in [-0.3, -0.25) is 11.3 Å². The van der Waals surface area contributed by atoms with E-state index in [0.717, 1.165) is 11.8 Å². The van der Waals surface area contributed by atoms with Crippen molar-refractivity contribution in [3.63, 3.8) is 0 Å². The molecule has 1 fully saturated rings. The molecule has 1 rings (SSSR count). The SMILES string of the molecule is CC(C)C(C)C(NN)C1CC1. The summed E-state index contributed by atoms with van der Waals surface area (Å²) in [5.74, 6) is 7.80. The zero-order valence-electron chi connectivity index (χ0n) is 7.80. The van der Waals surface area contributed by atoms with Crippen molar-refractivity contribution in [1.82, 2.24) is 5.43 Å². The van der Waals surface area contributed by atoms with Gasteiger partial charge in [-0.05, 0) is 30.6 Å². The number of hydrogen-bond donors (Lipinski definition) is 2. The van der Waals surface area contributed by atoms with Gasteiger partial charge in [-0.2, -0.15) is 0 Å². The number of rotatable bonds is 4. The maximum Gasteiger partial charge on any atom is 0.0266 e. The summed E-state index contributed by atoms with van der Waals surface area (Å²) in [5.41, 5.74) is 2.95. The molecule has 1 saturated carbocycles. The average Bonchev–Trinajstić information content (AvgIpc) is 2.72. The molecule has 0 aromatic heterocycles. The van der Waals surface area contributed by atoms with Crippen LogP contribution in [0, 0.1) is 17.8 Å². The lowest BCUT2D eigenvalue weighted by atomic mass is 9.88. The van der Waals surface area contributed by atoms with Gasteiger partial charge in [0.1, 0.15) is 0 Å². The van der Waals surface area contributed by atoms with Gasteiger partial charge in [0.2, 0.25) is 0 Å². The lowest BCUT2D eigenvalue weighted by Crippen LogP contribution is -2.43. The largest absolute Gasteiger partial charge is 0.271 e. The summed E-state index contributed by atoms with van der Waals surface area (Å²) >= 11 is 0. The summed E-state index contributed by atoms with van der Waals surface area (Å²) in [4.78, 5) is 0. The topological polar surface area (TPSA) is 38.0 Å². The first-order valence-corrected chi connectivity index (χ1v) is 4.63. The number of hydrogen-bond acceptors (Lipinski definition) is 2. The van der Waals surface area contributed by atoms with E-state index in [1.165, 1.54) is 12.8 Å². The number of hydrazine groups is 1. The minimum atomic E-state index is 0.551. The molecule has 0 heterocycles. The summed E-state index contributed by atoms with van der Waals surface area (Å²) in [6.07, 6.45) is 2.73. The van der Waals surface area contributed by atoms with E-state index in [2.05, 4.69) is 26.2 Å². The third kappa shape index (κ3) is 2.17. The minimum Gasteiger partial charge on any atom is -0.271 e. The Balaban J connectivity index is 2.39. The molecule has 1 aliphatic carbocycles. The van der Waals surface area contributed by atoms with E-state index in [0.29, 0.717) is 12.0 Å². The molecule has 0 amide bonds. The fraction of sp³-hybridized carbons (Fsp3) is 1.00. The molecule has 66 valence electrons. The number of nitrogens with one attached hydrogen (secondary N) is 1. The molecule has 0 radical (unpaired) electrons. The molecule has 3 N–H and O–H groups in total. The van der Waals surface area contributed by atoms with Crippen LogP contribution >= 0.6 is 0 Å². The maximum atomic E-state index is 5.50. The Labute approximate surface area is 69.5 Å². The zero-order chi connectivity index (χ0) is 8.43. The average molecular weight is 156 g/mol. The molecule has 2 atom stereocenters. The van der Waals surface area contributed by atoms with E-state index >= 15 is 0 Å². The highest BCUT2D eigenvalue weighted by molar-refractivity contribution is 4.88. The highest BCUT2D eigenvalue weighted by Gasteiger charge is 2.34. The summed E-state index contributed by atoms with van der Waals surface area (Å²) in [7, 11) is 0. The van der Waals surface area contributed by atoms with Crippen LogP contribution < -0.4 is 11.3 Å². The highest BCUT2D eigenvalue weighted by Crippen LogP contribution is 2.37. The van der Waals surface area contributed by atoms with Crippen LogP contribution in [0.3, 0.4) is 0 Å². The van der Waals surface area contributed by atoms with Gasteiger partial charge in [0.15, 0.2) is 0 Å². The first-order valence-electron chi connectivity index (χ1n) is 4.63. The van der Waals surface area contributed by atoms with Crippen molar-refractivity contribution < 1.29 is 0 Å². The van der Waals surface area contributed by atoms with E-state index in [9.17, 15) is 0 Å². The van der Waals surface area contributed by atoms with Gasteiger partial charge in [0.05, 0.1) is 0 Å². The molecule has 2 nitrogen and oxygen atoms in total. The van der Waals surface area contributed by atoms with Gasteiger partial charge < -0.3 is 0 Å². The second kappa shape index (κ2) is 3.55. The van der Waals surface area contributed by atoms with Crippen LogP contribution in [0.5, 0.6) is 0 Å². The standard InChI is InChI=1S/C9H20N2/c1-6(2)7(3)9(11-10)8-4-5-8/h6-9,11H,4-5,10H2,1-3H3. The van der Waals surface area contributed by atoms with Crippen molar-refractivity contribution in [3.8, 4) is 0 Å². The molecule has 1 aliphatic rings. The minimum absolute atomic E-state index is 0.551. The molecule has 2 unspecified atom stereocenters. The molecular formula is C9H20N2. The summed E-state index contributed by atoms with van der Waals surface area (Å²) in [5, 5.41) is 0. The molecule has 2 heteroatoms. The van der Waals surface area contributed by atoms with Gasteiger partial charge >= 0.3 is 0 Å². The molecule has 0 saturated heterocycles.